The van der Waals surface area contributed by atoms with E-state index in [1.807, 2.05) is 6.07 Å². The van der Waals surface area contributed by atoms with Crippen LogP contribution in [-0.2, 0) is 4.74 Å². The average molecular weight is 505 g/mol. The fourth-order valence-corrected chi connectivity index (χ4v) is 5.57. The molecule has 3 aromatic heterocycles. The van der Waals surface area contributed by atoms with Gasteiger partial charge in [0.1, 0.15) is 11.6 Å². The number of halogens is 2. The summed E-state index contributed by atoms with van der Waals surface area (Å²) in [5.74, 6) is 0.465. The first-order chi connectivity index (χ1) is 17.9. The van der Waals surface area contributed by atoms with Crippen molar-refractivity contribution in [3.63, 3.8) is 0 Å². The van der Waals surface area contributed by atoms with Crippen LogP contribution >= 0.6 is 0 Å². The van der Waals surface area contributed by atoms with E-state index in [4.69, 9.17) is 10.5 Å². The van der Waals surface area contributed by atoms with Gasteiger partial charge in [-0.25, -0.2) is 13.8 Å². The Bertz CT molecular complexity index is 1420. The third kappa shape index (κ3) is 4.36. The van der Waals surface area contributed by atoms with Gasteiger partial charge in [0.05, 0.1) is 48.1 Å². The highest BCUT2D eigenvalue weighted by Crippen LogP contribution is 2.41. The highest BCUT2D eigenvalue weighted by molar-refractivity contribution is 5.66. The number of imidazole rings is 1. The van der Waals surface area contributed by atoms with Gasteiger partial charge in [-0.1, -0.05) is 13.8 Å². The summed E-state index contributed by atoms with van der Waals surface area (Å²) in [5, 5.41) is 7.92. The molecule has 3 N–H and O–H groups in total. The number of hydrogen-bond acceptors (Lipinski definition) is 6. The zero-order valence-corrected chi connectivity index (χ0v) is 20.9. The molecule has 1 aliphatic heterocycles. The molecule has 0 bridgehead atoms. The standard InChI is InChI=1S/C28H30F2N6O/c1-15-7-18(10-24(31)16(15)2)21-5-6-32-12-26(21)34-28-33-11-20-3-4-25(35-36(20)28)27-22(29)8-17(9-23(27)30)19-13-37-14-19/h3-6,8-9,11-12,15-16,18-19,24H,7,10,13-14,31H2,1-2H3,(H,33,34). The van der Waals surface area contributed by atoms with E-state index in [1.54, 1.807) is 35.2 Å². The summed E-state index contributed by atoms with van der Waals surface area (Å²) >= 11 is 0. The molecule has 2 aliphatic rings. The Balaban J connectivity index is 1.33. The Labute approximate surface area is 214 Å². The molecule has 37 heavy (non-hydrogen) atoms. The van der Waals surface area contributed by atoms with Gasteiger partial charge < -0.3 is 15.8 Å². The smallest absolute Gasteiger partial charge is 0.229 e. The second kappa shape index (κ2) is 9.46. The topological polar surface area (TPSA) is 90.4 Å². The van der Waals surface area contributed by atoms with Crippen LogP contribution in [0.1, 0.15) is 49.7 Å². The molecule has 4 aromatic rings. The molecule has 2 fully saturated rings. The highest BCUT2D eigenvalue weighted by Gasteiger charge is 2.32. The zero-order valence-electron chi connectivity index (χ0n) is 20.9. The summed E-state index contributed by atoms with van der Waals surface area (Å²) in [5.41, 5.74) is 9.74. The van der Waals surface area contributed by atoms with Gasteiger partial charge in [0.25, 0.3) is 0 Å². The van der Waals surface area contributed by atoms with E-state index in [-0.39, 0.29) is 23.2 Å². The van der Waals surface area contributed by atoms with Crippen molar-refractivity contribution in [3.05, 3.63) is 71.7 Å². The highest BCUT2D eigenvalue weighted by atomic mass is 19.1. The summed E-state index contributed by atoms with van der Waals surface area (Å²) in [6, 6.07) is 8.28. The molecule has 0 spiro atoms. The Kier molecular flexibility index (Phi) is 6.12. The molecule has 4 heterocycles. The molecule has 7 nitrogen and oxygen atoms in total. The predicted octanol–water partition coefficient (Wildman–Crippen LogP) is 5.40. The third-order valence-electron chi connectivity index (χ3n) is 8.14. The summed E-state index contributed by atoms with van der Waals surface area (Å²) < 4.78 is 36.8. The Hall–Kier alpha value is -3.43. The lowest BCUT2D eigenvalue weighted by atomic mass is 9.71. The summed E-state index contributed by atoms with van der Waals surface area (Å²) in [6.07, 6.45) is 7.18. The van der Waals surface area contributed by atoms with Gasteiger partial charge in [0.15, 0.2) is 0 Å². The van der Waals surface area contributed by atoms with E-state index < -0.39 is 11.6 Å². The number of nitrogens with two attached hydrogens (primary N) is 1. The molecular weight excluding hydrogens is 474 g/mol. The molecule has 1 saturated carbocycles. The first-order valence-electron chi connectivity index (χ1n) is 12.8. The van der Waals surface area contributed by atoms with E-state index in [0.717, 1.165) is 24.1 Å². The summed E-state index contributed by atoms with van der Waals surface area (Å²) in [7, 11) is 0. The monoisotopic (exact) mass is 504 g/mol. The number of nitrogens with one attached hydrogen (secondary N) is 1. The lowest BCUT2D eigenvalue weighted by Crippen LogP contribution is -2.39. The van der Waals surface area contributed by atoms with Crippen LogP contribution in [0.25, 0.3) is 16.8 Å². The number of nitrogens with zero attached hydrogens (tertiary/aromatic N) is 4. The van der Waals surface area contributed by atoms with Crippen molar-refractivity contribution in [2.24, 2.45) is 17.6 Å². The Morgan fingerprint density at radius 3 is 2.51 bits per heavy atom. The van der Waals surface area contributed by atoms with Crippen LogP contribution in [0.2, 0.25) is 0 Å². The lowest BCUT2D eigenvalue weighted by molar-refractivity contribution is 0.00822. The Morgan fingerprint density at radius 1 is 1.03 bits per heavy atom. The molecule has 4 unspecified atom stereocenters. The molecular formula is C28H30F2N6O. The van der Waals surface area contributed by atoms with Gasteiger partial charge in [0, 0.05) is 18.2 Å². The van der Waals surface area contributed by atoms with Gasteiger partial charge >= 0.3 is 0 Å². The number of rotatable bonds is 5. The number of fused-ring (bicyclic) bond motifs is 1. The fraction of sp³-hybridized carbons (Fsp3) is 0.393. The zero-order chi connectivity index (χ0) is 25.7. The Morgan fingerprint density at radius 2 is 1.81 bits per heavy atom. The molecule has 6 rings (SSSR count). The van der Waals surface area contributed by atoms with E-state index in [1.165, 1.54) is 12.1 Å². The molecule has 4 atom stereocenters. The van der Waals surface area contributed by atoms with Crippen molar-refractivity contribution in [1.82, 2.24) is 19.6 Å². The lowest BCUT2D eigenvalue weighted by Gasteiger charge is -2.37. The quantitative estimate of drug-likeness (QED) is 0.378. The molecule has 192 valence electrons. The minimum absolute atomic E-state index is 0.0246. The van der Waals surface area contributed by atoms with Crippen molar-refractivity contribution in [3.8, 4) is 11.3 Å². The number of ether oxygens (including phenoxy) is 1. The van der Waals surface area contributed by atoms with E-state index in [9.17, 15) is 0 Å². The number of anilines is 2. The predicted molar refractivity (Wildman–Crippen MR) is 138 cm³/mol. The van der Waals surface area contributed by atoms with Gasteiger partial charge in [-0.3, -0.25) is 4.98 Å². The second-order valence-corrected chi connectivity index (χ2v) is 10.5. The van der Waals surface area contributed by atoms with Crippen LogP contribution in [0.15, 0.2) is 48.9 Å². The van der Waals surface area contributed by atoms with E-state index in [2.05, 4.69) is 34.2 Å². The first kappa shape index (κ1) is 23.9. The maximum atomic E-state index is 15.1. The van der Waals surface area contributed by atoms with Gasteiger partial charge in [-0.2, -0.15) is 9.61 Å². The molecule has 1 saturated heterocycles. The number of aromatic nitrogens is 4. The SMILES string of the molecule is CC1CC(c2ccncc2Nc2ncc3ccc(-c4c(F)cc(C5COC5)cc4F)nn23)CC(N)C1C. The van der Waals surface area contributed by atoms with Gasteiger partial charge in [-0.05, 0) is 72.1 Å². The van der Waals surface area contributed by atoms with Gasteiger partial charge in [0.2, 0.25) is 5.95 Å². The van der Waals surface area contributed by atoms with E-state index >= 15 is 8.78 Å². The maximum Gasteiger partial charge on any atom is 0.229 e. The van der Waals surface area contributed by atoms with Crippen molar-refractivity contribution in [2.45, 2.75) is 44.6 Å². The van der Waals surface area contributed by atoms with Crippen LogP contribution in [0.4, 0.5) is 20.4 Å². The van der Waals surface area contributed by atoms with Crippen molar-refractivity contribution < 1.29 is 13.5 Å². The third-order valence-corrected chi connectivity index (χ3v) is 8.14. The molecule has 1 aromatic carbocycles. The van der Waals surface area contributed by atoms with Crippen molar-refractivity contribution in [2.75, 3.05) is 18.5 Å². The van der Waals surface area contributed by atoms with Crippen molar-refractivity contribution >= 4 is 17.2 Å². The first-order valence-corrected chi connectivity index (χ1v) is 12.8. The molecule has 0 amide bonds. The minimum atomic E-state index is -0.644. The molecule has 9 heteroatoms. The summed E-state index contributed by atoms with van der Waals surface area (Å²) in [4.78, 5) is 8.81. The molecule has 0 radical (unpaired) electrons. The van der Waals surface area contributed by atoms with Crippen LogP contribution in [-0.4, -0.2) is 38.8 Å². The largest absolute Gasteiger partial charge is 0.380 e. The number of benzene rings is 1. The minimum Gasteiger partial charge on any atom is -0.380 e. The van der Waals surface area contributed by atoms with Crippen LogP contribution < -0.4 is 11.1 Å². The number of hydrogen-bond donors (Lipinski definition) is 2. The fourth-order valence-electron chi connectivity index (χ4n) is 5.57. The average Bonchev–Trinajstić information content (AvgIpc) is 3.23. The maximum absolute atomic E-state index is 15.1. The second-order valence-electron chi connectivity index (χ2n) is 10.5. The van der Waals surface area contributed by atoms with Crippen LogP contribution in [0.3, 0.4) is 0 Å². The van der Waals surface area contributed by atoms with E-state index in [0.29, 0.717) is 48.0 Å². The number of pyridine rings is 1. The van der Waals surface area contributed by atoms with Gasteiger partial charge in [-0.15, -0.1) is 0 Å². The summed E-state index contributed by atoms with van der Waals surface area (Å²) in [6.45, 7) is 5.43. The van der Waals surface area contributed by atoms with Crippen LogP contribution in [0.5, 0.6) is 0 Å². The van der Waals surface area contributed by atoms with Crippen molar-refractivity contribution in [1.29, 1.82) is 0 Å². The molecule has 1 aliphatic carbocycles. The normalized spacial score (nSPS) is 24.2. The van der Waals surface area contributed by atoms with Crippen LogP contribution in [0, 0.1) is 23.5 Å².